The van der Waals surface area contributed by atoms with Gasteiger partial charge in [0.1, 0.15) is 11.9 Å². The summed E-state index contributed by atoms with van der Waals surface area (Å²) in [5.74, 6) is -0.383. The molecule has 0 radical (unpaired) electrons. The van der Waals surface area contributed by atoms with Crippen molar-refractivity contribution in [3.05, 3.63) is 51.9 Å². The minimum atomic E-state index is -1.11. The van der Waals surface area contributed by atoms with Gasteiger partial charge in [-0.25, -0.2) is 4.98 Å². The molecule has 0 amide bonds. The van der Waals surface area contributed by atoms with Crippen molar-refractivity contribution in [2.45, 2.75) is 45.5 Å². The smallest absolute Gasteiger partial charge is 0.323 e. The fraction of sp³-hybridized carbons (Fsp3) is 0.435. The number of imidazole rings is 1. The fourth-order valence-corrected chi connectivity index (χ4v) is 3.91. The van der Waals surface area contributed by atoms with Crippen LogP contribution in [-0.4, -0.2) is 56.2 Å². The zero-order chi connectivity index (χ0) is 23.6. The summed E-state index contributed by atoms with van der Waals surface area (Å²) < 4.78 is 9.01. The molecule has 3 N–H and O–H groups in total. The van der Waals surface area contributed by atoms with E-state index in [0.717, 1.165) is 28.0 Å². The van der Waals surface area contributed by atoms with Crippen molar-refractivity contribution in [3.63, 3.8) is 0 Å². The van der Waals surface area contributed by atoms with Crippen LogP contribution in [0.4, 0.5) is 0 Å². The van der Waals surface area contributed by atoms with Gasteiger partial charge in [0.05, 0.1) is 29.8 Å². The normalized spacial score (nSPS) is 14.4. The van der Waals surface area contributed by atoms with Crippen LogP contribution in [0.3, 0.4) is 0 Å². The Morgan fingerprint density at radius 2 is 2.00 bits per heavy atom. The lowest BCUT2D eigenvalue weighted by atomic mass is 10.1. The van der Waals surface area contributed by atoms with Gasteiger partial charge in [-0.3, -0.25) is 14.9 Å². The summed E-state index contributed by atoms with van der Waals surface area (Å²) in [6.45, 7) is 6.02. The Hall–Kier alpha value is -3.01. The van der Waals surface area contributed by atoms with Gasteiger partial charge in [0, 0.05) is 38.0 Å². The van der Waals surface area contributed by atoms with E-state index < -0.39 is 18.1 Å². The van der Waals surface area contributed by atoms with Crippen molar-refractivity contribution in [2.75, 3.05) is 13.7 Å². The zero-order valence-corrected chi connectivity index (χ0v) is 19.0. The summed E-state index contributed by atoms with van der Waals surface area (Å²) in [5.41, 5.74) is 3.90. The Morgan fingerprint density at radius 3 is 2.59 bits per heavy atom. The highest BCUT2D eigenvalue weighted by Crippen LogP contribution is 2.29. The van der Waals surface area contributed by atoms with E-state index in [1.807, 2.05) is 31.2 Å². The lowest BCUT2D eigenvalue weighted by Gasteiger charge is -2.18. The molecule has 172 valence electrons. The van der Waals surface area contributed by atoms with Gasteiger partial charge in [-0.1, -0.05) is 6.07 Å². The van der Waals surface area contributed by atoms with E-state index in [9.17, 15) is 19.8 Å². The molecule has 32 heavy (non-hydrogen) atoms. The number of aliphatic hydroxyl groups is 1. The van der Waals surface area contributed by atoms with Gasteiger partial charge in [0.25, 0.3) is 5.56 Å². The number of hydrogen-bond donors (Lipinski definition) is 3. The fourth-order valence-electron chi connectivity index (χ4n) is 3.91. The van der Waals surface area contributed by atoms with E-state index in [1.165, 1.54) is 6.92 Å². The third-order valence-electron chi connectivity index (χ3n) is 5.50. The lowest BCUT2D eigenvalue weighted by molar-refractivity contribution is -0.142. The summed E-state index contributed by atoms with van der Waals surface area (Å²) >= 11 is 0. The number of methoxy groups -OCH3 is 1. The molecule has 0 bridgehead atoms. The number of pyridine rings is 1. The van der Waals surface area contributed by atoms with Crippen LogP contribution in [0.25, 0.3) is 22.4 Å². The van der Waals surface area contributed by atoms with E-state index in [4.69, 9.17) is 9.72 Å². The van der Waals surface area contributed by atoms with Crippen molar-refractivity contribution >= 4 is 17.0 Å². The molecule has 3 atom stereocenters. The van der Waals surface area contributed by atoms with Crippen LogP contribution in [0.5, 0.6) is 0 Å². The summed E-state index contributed by atoms with van der Waals surface area (Å²) in [6, 6.07) is 6.52. The second-order valence-corrected chi connectivity index (χ2v) is 8.20. The van der Waals surface area contributed by atoms with Crippen LogP contribution in [0.15, 0.2) is 35.3 Å². The van der Waals surface area contributed by atoms with Crippen LogP contribution in [0.2, 0.25) is 0 Å². The number of rotatable bonds is 9. The molecule has 0 fully saturated rings. The molecule has 3 rings (SSSR count). The molecule has 0 aliphatic heterocycles. The summed E-state index contributed by atoms with van der Waals surface area (Å²) in [6.07, 6.45) is 0.750. The van der Waals surface area contributed by atoms with Gasteiger partial charge < -0.3 is 24.1 Å². The number of nitrogens with one attached hydrogen (secondary N) is 1. The number of carbonyl (C=O) groups is 1. The van der Waals surface area contributed by atoms with Gasteiger partial charge in [0.2, 0.25) is 0 Å². The van der Waals surface area contributed by atoms with Crippen molar-refractivity contribution in [3.8, 4) is 11.4 Å². The summed E-state index contributed by atoms with van der Waals surface area (Å²) in [5, 5.41) is 21.8. The second-order valence-electron chi connectivity index (χ2n) is 8.20. The maximum atomic E-state index is 12.2. The molecule has 0 aliphatic rings. The average Bonchev–Trinajstić information content (AvgIpc) is 3.10. The molecular weight excluding hydrogens is 412 g/mol. The molecule has 1 aromatic carbocycles. The highest BCUT2D eigenvalue weighted by atomic mass is 16.5. The number of aliphatic hydroxyl groups excluding tert-OH is 1. The molecule has 0 aliphatic carbocycles. The standard InChI is InChI=1S/C23H30N4O5/c1-13-8-17(11-26(4)22(13)29)21-25-18-9-16(10-24-20(15(3)28)23(30)31)6-7-19(18)27(21)14(2)12-32-5/h6-9,11,14-15,20,24,28H,10,12H2,1-5H3,(H,30,31)/t14-,15+,20-/m0/s1. The monoisotopic (exact) mass is 442 g/mol. The Labute approximate surface area is 186 Å². The number of hydrogen-bond acceptors (Lipinski definition) is 6. The SMILES string of the molecule is COC[C@H](C)n1c(-c2cc(C)c(=O)n(C)c2)nc2cc(CN[C@H](C(=O)O)[C@@H](C)O)ccc21. The number of fused-ring (bicyclic) bond motifs is 1. The van der Waals surface area contributed by atoms with Crippen molar-refractivity contribution in [1.82, 2.24) is 19.4 Å². The Balaban J connectivity index is 2.07. The van der Waals surface area contributed by atoms with Crippen LogP contribution in [0.1, 0.15) is 31.0 Å². The number of aliphatic carboxylic acids is 1. The number of benzene rings is 1. The third-order valence-corrected chi connectivity index (χ3v) is 5.50. The van der Waals surface area contributed by atoms with E-state index in [1.54, 1.807) is 31.8 Å². The molecule has 3 aromatic rings. The molecule has 0 saturated heterocycles. The van der Waals surface area contributed by atoms with E-state index in [2.05, 4.69) is 9.88 Å². The Morgan fingerprint density at radius 1 is 1.28 bits per heavy atom. The predicted molar refractivity (Wildman–Crippen MR) is 122 cm³/mol. The quantitative estimate of drug-likeness (QED) is 0.463. The number of ether oxygens (including phenoxy) is 1. The van der Waals surface area contributed by atoms with Gasteiger partial charge in [-0.15, -0.1) is 0 Å². The molecule has 2 heterocycles. The number of nitrogens with zero attached hydrogens (tertiary/aromatic N) is 3. The van der Waals surface area contributed by atoms with Crippen LogP contribution in [-0.2, 0) is 23.1 Å². The number of carboxylic acids is 1. The van der Waals surface area contributed by atoms with Crippen molar-refractivity contribution in [2.24, 2.45) is 7.05 Å². The lowest BCUT2D eigenvalue weighted by Crippen LogP contribution is -2.44. The van der Waals surface area contributed by atoms with Gasteiger partial charge in [-0.2, -0.15) is 0 Å². The minimum absolute atomic E-state index is 0.00635. The molecule has 0 unspecified atom stereocenters. The maximum absolute atomic E-state index is 12.2. The molecule has 9 nitrogen and oxygen atoms in total. The molecule has 9 heteroatoms. The molecule has 0 spiro atoms. The molecule has 2 aromatic heterocycles. The van der Waals surface area contributed by atoms with Gasteiger partial charge in [0.15, 0.2) is 0 Å². The summed E-state index contributed by atoms with van der Waals surface area (Å²) in [7, 11) is 3.37. The van der Waals surface area contributed by atoms with Gasteiger partial charge >= 0.3 is 5.97 Å². The highest BCUT2D eigenvalue weighted by molar-refractivity contribution is 5.81. The van der Waals surface area contributed by atoms with E-state index in [-0.39, 0.29) is 18.1 Å². The number of aryl methyl sites for hydroxylation is 2. The third kappa shape index (κ3) is 4.74. The van der Waals surface area contributed by atoms with E-state index in [0.29, 0.717) is 12.2 Å². The Bertz CT molecular complexity index is 1150. The van der Waals surface area contributed by atoms with Crippen LogP contribution >= 0.6 is 0 Å². The highest BCUT2D eigenvalue weighted by Gasteiger charge is 2.23. The van der Waals surface area contributed by atoms with Crippen molar-refractivity contribution in [1.29, 1.82) is 0 Å². The first kappa shape index (κ1) is 23.6. The Kier molecular flexibility index (Phi) is 7.12. The molecular formula is C23H30N4O5. The first-order chi connectivity index (χ1) is 15.1. The topological polar surface area (TPSA) is 119 Å². The summed E-state index contributed by atoms with van der Waals surface area (Å²) in [4.78, 5) is 28.3. The largest absolute Gasteiger partial charge is 0.480 e. The maximum Gasteiger partial charge on any atom is 0.323 e. The number of carboxylic acid groups (broad SMARTS) is 1. The first-order valence-corrected chi connectivity index (χ1v) is 10.5. The molecule has 0 saturated carbocycles. The van der Waals surface area contributed by atoms with Crippen molar-refractivity contribution < 1.29 is 19.7 Å². The van der Waals surface area contributed by atoms with E-state index >= 15 is 0 Å². The number of aromatic nitrogens is 3. The predicted octanol–water partition coefficient (Wildman–Crippen LogP) is 1.84. The average molecular weight is 443 g/mol. The first-order valence-electron chi connectivity index (χ1n) is 10.5. The second kappa shape index (κ2) is 9.64. The zero-order valence-electron chi connectivity index (χ0n) is 19.0. The van der Waals surface area contributed by atoms with Crippen LogP contribution < -0.4 is 10.9 Å². The van der Waals surface area contributed by atoms with Crippen LogP contribution in [0, 0.1) is 6.92 Å². The minimum Gasteiger partial charge on any atom is -0.480 e. The van der Waals surface area contributed by atoms with Gasteiger partial charge in [-0.05, 0) is 44.5 Å².